The fourth-order valence-corrected chi connectivity index (χ4v) is 3.24. The summed E-state index contributed by atoms with van der Waals surface area (Å²) in [4.78, 5) is 0. The number of aryl methyl sites for hydroxylation is 1. The monoisotopic (exact) mass is 266 g/mol. The van der Waals surface area contributed by atoms with Crippen molar-refractivity contribution in [2.45, 2.75) is 24.4 Å². The molecule has 1 aromatic heterocycles. The predicted molar refractivity (Wildman–Crippen MR) is 61.7 cm³/mol. The Morgan fingerprint density at radius 1 is 1.62 bits per heavy atom. The summed E-state index contributed by atoms with van der Waals surface area (Å²) in [5.74, 6) is 0. The molecular weight excluding hydrogens is 252 g/mol. The number of hydrogen-bond donors (Lipinski definition) is 2. The number of halogens is 1. The van der Waals surface area contributed by atoms with Crippen molar-refractivity contribution in [1.29, 1.82) is 0 Å². The van der Waals surface area contributed by atoms with E-state index in [1.807, 2.05) is 0 Å². The Morgan fingerprint density at radius 3 is 2.56 bits per heavy atom. The molecule has 92 valence electrons. The van der Waals surface area contributed by atoms with Crippen molar-refractivity contribution in [2.75, 3.05) is 6.54 Å². The Labute approximate surface area is 99.8 Å². The van der Waals surface area contributed by atoms with Gasteiger partial charge in [-0.3, -0.25) is 4.68 Å². The fourth-order valence-electron chi connectivity index (χ4n) is 1.16. The van der Waals surface area contributed by atoms with Gasteiger partial charge in [-0.25, -0.2) is 13.1 Å². The minimum absolute atomic E-state index is 0.0595. The number of nitrogens with one attached hydrogen (secondary N) is 1. The maximum Gasteiger partial charge on any atom is 0.259 e. The van der Waals surface area contributed by atoms with E-state index >= 15 is 0 Å². The summed E-state index contributed by atoms with van der Waals surface area (Å²) in [6.07, 6.45) is 1.28. The zero-order chi connectivity index (χ0) is 12.6. The van der Waals surface area contributed by atoms with Crippen LogP contribution in [0.1, 0.15) is 13.8 Å². The first-order chi connectivity index (χ1) is 7.19. The van der Waals surface area contributed by atoms with Crippen LogP contribution in [-0.4, -0.2) is 30.3 Å². The maximum absolute atomic E-state index is 12.0. The Bertz CT molecular complexity index is 461. The molecule has 0 bridgehead atoms. The van der Waals surface area contributed by atoms with Crippen molar-refractivity contribution in [3.63, 3.8) is 0 Å². The van der Waals surface area contributed by atoms with Gasteiger partial charge >= 0.3 is 0 Å². The lowest BCUT2D eigenvalue weighted by Crippen LogP contribution is -2.49. The standard InChI is InChI=1S/C8H15ClN4O2S/c1-8(2,5-10)12-16(14,15)7-6(9)4-11-13(7)3/h4,12H,5,10H2,1-3H3. The van der Waals surface area contributed by atoms with Crippen LogP contribution in [0.5, 0.6) is 0 Å². The highest BCUT2D eigenvalue weighted by molar-refractivity contribution is 7.89. The first-order valence-corrected chi connectivity index (χ1v) is 6.47. The van der Waals surface area contributed by atoms with Crippen LogP contribution < -0.4 is 10.5 Å². The first kappa shape index (κ1) is 13.4. The summed E-state index contributed by atoms with van der Waals surface area (Å²) in [5.41, 5.74) is 4.73. The van der Waals surface area contributed by atoms with Gasteiger partial charge < -0.3 is 5.73 Å². The molecule has 6 nitrogen and oxygen atoms in total. The third-order valence-electron chi connectivity index (χ3n) is 2.02. The van der Waals surface area contributed by atoms with Crippen molar-refractivity contribution in [1.82, 2.24) is 14.5 Å². The summed E-state index contributed by atoms with van der Waals surface area (Å²) in [7, 11) is -2.20. The molecule has 0 fully saturated rings. The average Bonchev–Trinajstić information content (AvgIpc) is 2.44. The molecule has 0 aromatic carbocycles. The van der Waals surface area contributed by atoms with E-state index in [0.29, 0.717) is 0 Å². The summed E-state index contributed by atoms with van der Waals surface area (Å²) < 4.78 is 27.7. The molecule has 0 aliphatic rings. The highest BCUT2D eigenvalue weighted by Crippen LogP contribution is 2.20. The molecule has 0 aliphatic carbocycles. The summed E-state index contributed by atoms with van der Waals surface area (Å²) in [6, 6.07) is 0. The SMILES string of the molecule is Cn1ncc(Cl)c1S(=O)(=O)NC(C)(C)CN. The van der Waals surface area contributed by atoms with Crippen LogP contribution in [0.3, 0.4) is 0 Å². The first-order valence-electron chi connectivity index (χ1n) is 4.61. The van der Waals surface area contributed by atoms with Gasteiger partial charge in [-0.1, -0.05) is 11.6 Å². The van der Waals surface area contributed by atoms with Crippen LogP contribution in [0.15, 0.2) is 11.2 Å². The molecule has 0 saturated carbocycles. The third-order valence-corrected chi connectivity index (χ3v) is 4.22. The topological polar surface area (TPSA) is 90.0 Å². The molecule has 8 heteroatoms. The molecular formula is C8H15ClN4O2S. The lowest BCUT2D eigenvalue weighted by Gasteiger charge is -2.23. The number of sulfonamides is 1. The van der Waals surface area contributed by atoms with Crippen LogP contribution in [-0.2, 0) is 17.1 Å². The van der Waals surface area contributed by atoms with E-state index in [0.717, 1.165) is 0 Å². The summed E-state index contributed by atoms with van der Waals surface area (Å²) in [6.45, 7) is 3.56. The smallest absolute Gasteiger partial charge is 0.259 e. The number of hydrogen-bond acceptors (Lipinski definition) is 4. The van der Waals surface area contributed by atoms with Crippen LogP contribution in [0.2, 0.25) is 5.02 Å². The quantitative estimate of drug-likeness (QED) is 0.808. The highest BCUT2D eigenvalue weighted by atomic mass is 35.5. The van der Waals surface area contributed by atoms with E-state index in [1.165, 1.54) is 17.9 Å². The molecule has 1 aromatic rings. The van der Waals surface area contributed by atoms with Gasteiger partial charge in [0.25, 0.3) is 10.0 Å². The molecule has 0 spiro atoms. The van der Waals surface area contributed by atoms with Crippen LogP contribution >= 0.6 is 11.6 Å². The summed E-state index contributed by atoms with van der Waals surface area (Å²) in [5, 5.41) is 3.80. The van der Waals surface area contributed by atoms with Crippen LogP contribution in [0, 0.1) is 0 Å². The Hall–Kier alpha value is -0.630. The Morgan fingerprint density at radius 2 is 2.19 bits per heavy atom. The molecule has 0 unspecified atom stereocenters. The van der Waals surface area contributed by atoms with Gasteiger partial charge in [0, 0.05) is 19.1 Å². The molecule has 3 N–H and O–H groups in total. The second-order valence-electron chi connectivity index (χ2n) is 4.11. The Balaban J connectivity index is 3.14. The molecule has 16 heavy (non-hydrogen) atoms. The molecule has 0 atom stereocenters. The van der Waals surface area contributed by atoms with Crippen LogP contribution in [0.4, 0.5) is 0 Å². The van der Waals surface area contributed by atoms with Crippen LogP contribution in [0.25, 0.3) is 0 Å². The highest BCUT2D eigenvalue weighted by Gasteiger charge is 2.29. The molecule has 0 saturated heterocycles. The van der Waals surface area contributed by atoms with Gasteiger partial charge in [0.2, 0.25) is 0 Å². The second-order valence-corrected chi connectivity index (χ2v) is 6.12. The van der Waals surface area contributed by atoms with Crippen molar-refractivity contribution in [3.8, 4) is 0 Å². The normalized spacial score (nSPS) is 13.1. The minimum atomic E-state index is -3.71. The lowest BCUT2D eigenvalue weighted by atomic mass is 10.1. The van der Waals surface area contributed by atoms with Crippen molar-refractivity contribution in [3.05, 3.63) is 11.2 Å². The second kappa shape index (κ2) is 4.33. The summed E-state index contributed by atoms with van der Waals surface area (Å²) >= 11 is 5.77. The lowest BCUT2D eigenvalue weighted by molar-refractivity contribution is 0.458. The van der Waals surface area contributed by atoms with E-state index < -0.39 is 15.6 Å². The predicted octanol–water partition coefficient (Wildman–Crippen LogP) is 0.0891. The van der Waals surface area contributed by atoms with Gasteiger partial charge in [0.05, 0.1) is 11.2 Å². The van der Waals surface area contributed by atoms with Gasteiger partial charge in [-0.05, 0) is 13.8 Å². The van der Waals surface area contributed by atoms with Crippen molar-refractivity contribution >= 4 is 21.6 Å². The van der Waals surface area contributed by atoms with Crippen molar-refractivity contribution < 1.29 is 8.42 Å². The molecule has 0 aliphatic heterocycles. The molecule has 1 rings (SSSR count). The van der Waals surface area contributed by atoms with Gasteiger partial charge in [0.15, 0.2) is 5.03 Å². The largest absolute Gasteiger partial charge is 0.329 e. The van der Waals surface area contributed by atoms with E-state index in [1.54, 1.807) is 13.8 Å². The van der Waals surface area contributed by atoms with Gasteiger partial charge in [0.1, 0.15) is 0 Å². The average molecular weight is 267 g/mol. The number of rotatable bonds is 4. The molecule has 0 radical (unpaired) electrons. The molecule has 1 heterocycles. The van der Waals surface area contributed by atoms with E-state index in [4.69, 9.17) is 17.3 Å². The Kier molecular flexibility index (Phi) is 3.63. The third kappa shape index (κ3) is 2.73. The van der Waals surface area contributed by atoms with E-state index in [-0.39, 0.29) is 16.6 Å². The van der Waals surface area contributed by atoms with Gasteiger partial charge in [-0.15, -0.1) is 0 Å². The number of nitrogens with zero attached hydrogens (tertiary/aromatic N) is 2. The van der Waals surface area contributed by atoms with Crippen molar-refractivity contribution in [2.24, 2.45) is 12.8 Å². The minimum Gasteiger partial charge on any atom is -0.329 e. The maximum atomic E-state index is 12.0. The zero-order valence-corrected chi connectivity index (χ0v) is 10.9. The fraction of sp³-hybridized carbons (Fsp3) is 0.625. The van der Waals surface area contributed by atoms with E-state index in [9.17, 15) is 8.42 Å². The van der Waals surface area contributed by atoms with E-state index in [2.05, 4.69) is 9.82 Å². The number of nitrogens with two attached hydrogens (primary N) is 1. The molecule has 0 amide bonds. The van der Waals surface area contributed by atoms with Gasteiger partial charge in [-0.2, -0.15) is 5.10 Å². The number of aromatic nitrogens is 2. The zero-order valence-electron chi connectivity index (χ0n) is 9.36.